The number of aromatic hydroxyl groups is 1. The number of nitrogens with zero attached hydrogens (tertiary/aromatic N) is 4. The van der Waals surface area contributed by atoms with Gasteiger partial charge in [0.05, 0.1) is 4.91 Å². The van der Waals surface area contributed by atoms with Gasteiger partial charge in [0.2, 0.25) is 5.13 Å². The Hall–Kier alpha value is -2.19. The molecular weight excluding hydrogens is 332 g/mol. The topological polar surface area (TPSA) is 78.7 Å². The summed E-state index contributed by atoms with van der Waals surface area (Å²) in [6, 6.07) is 6.90. The summed E-state index contributed by atoms with van der Waals surface area (Å²) in [5.74, 6) is 0.0160. The zero-order chi connectivity index (χ0) is 16.4. The molecule has 1 aliphatic heterocycles. The number of aliphatic imine (C=N–C) groups is 1. The van der Waals surface area contributed by atoms with Crippen LogP contribution in [-0.4, -0.2) is 37.8 Å². The van der Waals surface area contributed by atoms with Gasteiger partial charge in [0, 0.05) is 12.1 Å². The first-order chi connectivity index (χ1) is 11.1. The van der Waals surface area contributed by atoms with Gasteiger partial charge in [0.1, 0.15) is 10.8 Å². The number of aryl methyl sites for hydroxylation is 1. The number of carbonyl (C=O) groups excluding carboxylic acids is 1. The molecule has 1 aromatic carbocycles. The summed E-state index contributed by atoms with van der Waals surface area (Å²) in [4.78, 5) is 19.0. The van der Waals surface area contributed by atoms with Crippen LogP contribution >= 0.6 is 23.1 Å². The van der Waals surface area contributed by atoms with Crippen LogP contribution in [0.25, 0.3) is 6.08 Å². The van der Waals surface area contributed by atoms with Crippen LogP contribution in [0.3, 0.4) is 0 Å². The van der Waals surface area contributed by atoms with E-state index >= 15 is 0 Å². The predicted molar refractivity (Wildman–Crippen MR) is 92.8 cm³/mol. The van der Waals surface area contributed by atoms with Crippen molar-refractivity contribution in [2.45, 2.75) is 13.8 Å². The van der Waals surface area contributed by atoms with Crippen molar-refractivity contribution in [1.82, 2.24) is 15.1 Å². The first-order valence-corrected chi connectivity index (χ1v) is 8.60. The second-order valence-corrected chi connectivity index (χ2v) is 6.89. The number of benzene rings is 1. The standard InChI is InChI=1S/C15H14N4O2S2/c1-3-19-13(21)12(8-10-6-4-5-7-11(10)20)23-15(19)16-14-18-17-9(2)22-14/h4-8,20H,3H2,1-2H3/b12-8-,16-15+. The Morgan fingerprint density at radius 1 is 1.35 bits per heavy atom. The highest BCUT2D eigenvalue weighted by Gasteiger charge is 2.32. The number of hydrogen-bond donors (Lipinski definition) is 1. The van der Waals surface area contributed by atoms with E-state index in [-0.39, 0.29) is 11.7 Å². The van der Waals surface area contributed by atoms with Gasteiger partial charge in [-0.1, -0.05) is 29.5 Å². The highest BCUT2D eigenvalue weighted by atomic mass is 32.2. The molecule has 1 saturated heterocycles. The molecule has 2 aromatic rings. The molecule has 0 radical (unpaired) electrons. The molecule has 0 unspecified atom stereocenters. The highest BCUT2D eigenvalue weighted by Crippen LogP contribution is 2.35. The molecule has 0 spiro atoms. The normalized spacial score (nSPS) is 18.3. The van der Waals surface area contributed by atoms with Crippen molar-refractivity contribution >= 4 is 45.4 Å². The summed E-state index contributed by atoms with van der Waals surface area (Å²) in [5, 5.41) is 19.7. The van der Waals surface area contributed by atoms with E-state index < -0.39 is 0 Å². The fourth-order valence-corrected chi connectivity index (χ4v) is 3.69. The van der Waals surface area contributed by atoms with Gasteiger partial charge in [-0.2, -0.15) is 4.99 Å². The summed E-state index contributed by atoms with van der Waals surface area (Å²) >= 11 is 2.65. The van der Waals surface area contributed by atoms with Crippen molar-refractivity contribution in [3.8, 4) is 5.75 Å². The van der Waals surface area contributed by atoms with E-state index in [2.05, 4.69) is 15.2 Å². The predicted octanol–water partition coefficient (Wildman–Crippen LogP) is 3.18. The van der Waals surface area contributed by atoms with E-state index in [1.54, 1.807) is 29.2 Å². The maximum Gasteiger partial charge on any atom is 0.266 e. The number of phenols is 1. The van der Waals surface area contributed by atoms with Crippen molar-refractivity contribution in [3.63, 3.8) is 0 Å². The van der Waals surface area contributed by atoms with Crippen LogP contribution in [0.5, 0.6) is 5.75 Å². The molecule has 8 heteroatoms. The van der Waals surface area contributed by atoms with Crippen LogP contribution in [0.1, 0.15) is 17.5 Å². The Morgan fingerprint density at radius 3 is 2.78 bits per heavy atom. The van der Waals surface area contributed by atoms with E-state index in [4.69, 9.17) is 0 Å². The van der Waals surface area contributed by atoms with Crippen LogP contribution in [-0.2, 0) is 4.79 Å². The van der Waals surface area contributed by atoms with Crippen LogP contribution in [0, 0.1) is 6.92 Å². The molecule has 0 bridgehead atoms. The van der Waals surface area contributed by atoms with E-state index in [1.807, 2.05) is 19.9 Å². The molecule has 2 heterocycles. The van der Waals surface area contributed by atoms with Crippen molar-refractivity contribution in [3.05, 3.63) is 39.7 Å². The minimum Gasteiger partial charge on any atom is -0.507 e. The minimum absolute atomic E-state index is 0.124. The number of para-hydroxylation sites is 1. The van der Waals surface area contributed by atoms with Gasteiger partial charge in [0.15, 0.2) is 5.17 Å². The zero-order valence-electron chi connectivity index (χ0n) is 12.6. The lowest BCUT2D eigenvalue weighted by molar-refractivity contribution is -0.122. The smallest absolute Gasteiger partial charge is 0.266 e. The van der Waals surface area contributed by atoms with Gasteiger partial charge in [-0.15, -0.1) is 10.2 Å². The maximum absolute atomic E-state index is 12.5. The Bertz CT molecular complexity index is 813. The molecular formula is C15H14N4O2S2. The monoisotopic (exact) mass is 346 g/mol. The number of phenolic OH excluding ortho intramolecular Hbond substituents is 1. The van der Waals surface area contributed by atoms with Crippen molar-refractivity contribution in [2.75, 3.05) is 6.54 Å². The molecule has 1 N–H and O–H groups in total. The number of aromatic nitrogens is 2. The van der Waals surface area contributed by atoms with Crippen LogP contribution in [0.4, 0.5) is 5.13 Å². The van der Waals surface area contributed by atoms with Crippen LogP contribution in [0.2, 0.25) is 0 Å². The van der Waals surface area contributed by atoms with Crippen molar-refractivity contribution in [2.24, 2.45) is 4.99 Å². The number of likely N-dealkylation sites (N-methyl/N-ethyl adjacent to an activating group) is 1. The molecule has 1 amide bonds. The fourth-order valence-electron chi connectivity index (χ4n) is 2.03. The molecule has 1 aliphatic rings. The van der Waals surface area contributed by atoms with Gasteiger partial charge in [0.25, 0.3) is 5.91 Å². The second kappa shape index (κ2) is 6.51. The SMILES string of the molecule is CCN1C(=O)/C(=C/c2ccccc2O)S/C1=N/c1nnc(C)s1. The maximum atomic E-state index is 12.5. The summed E-state index contributed by atoms with van der Waals surface area (Å²) < 4.78 is 0. The van der Waals surface area contributed by atoms with Crippen LogP contribution < -0.4 is 0 Å². The summed E-state index contributed by atoms with van der Waals surface area (Å²) in [5.41, 5.74) is 0.604. The lowest BCUT2D eigenvalue weighted by atomic mass is 10.2. The first-order valence-electron chi connectivity index (χ1n) is 6.96. The van der Waals surface area contributed by atoms with Gasteiger partial charge >= 0.3 is 0 Å². The quantitative estimate of drug-likeness (QED) is 0.864. The van der Waals surface area contributed by atoms with E-state index in [1.165, 1.54) is 23.1 Å². The molecule has 118 valence electrons. The molecule has 0 saturated carbocycles. The molecule has 23 heavy (non-hydrogen) atoms. The van der Waals surface area contributed by atoms with Gasteiger partial charge in [-0.3, -0.25) is 9.69 Å². The third-order valence-electron chi connectivity index (χ3n) is 3.13. The van der Waals surface area contributed by atoms with Gasteiger partial charge in [-0.25, -0.2) is 0 Å². The molecule has 6 nitrogen and oxygen atoms in total. The third-order valence-corrected chi connectivity index (χ3v) is 4.87. The van der Waals surface area contributed by atoms with Crippen molar-refractivity contribution in [1.29, 1.82) is 0 Å². The largest absolute Gasteiger partial charge is 0.507 e. The average Bonchev–Trinajstić information content (AvgIpc) is 3.06. The highest BCUT2D eigenvalue weighted by molar-refractivity contribution is 8.18. The average molecular weight is 346 g/mol. The first kappa shape index (κ1) is 15.7. The molecule has 3 rings (SSSR count). The Labute approximate surface area is 141 Å². The summed E-state index contributed by atoms with van der Waals surface area (Å²) in [7, 11) is 0. The number of thioether (sulfide) groups is 1. The van der Waals surface area contributed by atoms with Crippen molar-refractivity contribution < 1.29 is 9.90 Å². The number of rotatable bonds is 3. The van der Waals surface area contributed by atoms with Crippen LogP contribution in [0.15, 0.2) is 34.2 Å². The van der Waals surface area contributed by atoms with E-state index in [9.17, 15) is 9.90 Å². The van der Waals surface area contributed by atoms with Gasteiger partial charge < -0.3 is 5.11 Å². The molecule has 1 aromatic heterocycles. The lowest BCUT2D eigenvalue weighted by Gasteiger charge is -2.11. The Kier molecular flexibility index (Phi) is 4.44. The Morgan fingerprint density at radius 2 is 2.13 bits per heavy atom. The number of amidine groups is 1. The number of carbonyl (C=O) groups is 1. The minimum atomic E-state index is -0.124. The fraction of sp³-hybridized carbons (Fsp3) is 0.200. The number of amides is 1. The van der Waals surface area contributed by atoms with E-state index in [0.717, 1.165) is 5.01 Å². The zero-order valence-corrected chi connectivity index (χ0v) is 14.2. The second-order valence-electron chi connectivity index (χ2n) is 4.72. The molecule has 1 fully saturated rings. The molecule has 0 atom stereocenters. The summed E-state index contributed by atoms with van der Waals surface area (Å²) in [6.45, 7) is 4.26. The molecule has 0 aliphatic carbocycles. The Balaban J connectivity index is 1.95. The van der Waals surface area contributed by atoms with E-state index in [0.29, 0.717) is 27.3 Å². The number of hydrogen-bond acceptors (Lipinski definition) is 7. The third kappa shape index (κ3) is 3.27. The van der Waals surface area contributed by atoms with Gasteiger partial charge in [-0.05, 0) is 37.8 Å². The summed E-state index contributed by atoms with van der Waals surface area (Å²) in [6.07, 6.45) is 1.68. The lowest BCUT2D eigenvalue weighted by Crippen LogP contribution is -2.28.